The van der Waals surface area contributed by atoms with E-state index >= 15 is 0 Å². The molecule has 1 aromatic carbocycles. The minimum atomic E-state index is -4.65. The monoisotopic (exact) mass is 259 g/mol. The molecule has 1 rings (SSSR count). The van der Waals surface area contributed by atoms with E-state index in [9.17, 15) is 18.0 Å². The largest absolute Gasteiger partial charge is 0.463 e. The quantitative estimate of drug-likeness (QED) is 0.667. The van der Waals surface area contributed by atoms with Crippen molar-refractivity contribution >= 4 is 11.7 Å². The van der Waals surface area contributed by atoms with Crippen molar-refractivity contribution in [3.8, 4) is 0 Å². The Kier molecular flexibility index (Phi) is 4.76. The highest BCUT2D eigenvalue weighted by atomic mass is 19.4. The van der Waals surface area contributed by atoms with Crippen LogP contribution in [0.4, 0.5) is 18.9 Å². The van der Waals surface area contributed by atoms with Crippen molar-refractivity contribution in [1.82, 2.24) is 0 Å². The molecule has 1 aromatic rings. The van der Waals surface area contributed by atoms with Crippen LogP contribution in [0.2, 0.25) is 0 Å². The summed E-state index contributed by atoms with van der Waals surface area (Å²) in [7, 11) is 0. The number of carbonyl (C=O) groups is 1. The van der Waals surface area contributed by atoms with Gasteiger partial charge in [0.1, 0.15) is 5.70 Å². The van der Waals surface area contributed by atoms with E-state index in [4.69, 9.17) is 0 Å². The Morgan fingerprint density at radius 1 is 1.33 bits per heavy atom. The molecule has 1 N–H and O–H groups in total. The van der Waals surface area contributed by atoms with Gasteiger partial charge in [0, 0.05) is 5.69 Å². The molecule has 0 saturated heterocycles. The average molecular weight is 259 g/mol. The van der Waals surface area contributed by atoms with E-state index in [2.05, 4.69) is 10.1 Å². The molecule has 0 radical (unpaired) electrons. The zero-order valence-electron chi connectivity index (χ0n) is 9.62. The number of nitrogens with one attached hydrogen (secondary N) is 1. The fourth-order valence-electron chi connectivity index (χ4n) is 1.17. The van der Waals surface area contributed by atoms with Gasteiger partial charge in [-0.2, -0.15) is 13.2 Å². The fraction of sp³-hybridized carbons (Fsp3) is 0.250. The van der Waals surface area contributed by atoms with E-state index < -0.39 is 17.8 Å². The normalized spacial score (nSPS) is 12.1. The van der Waals surface area contributed by atoms with Crippen molar-refractivity contribution in [2.75, 3.05) is 11.9 Å². The SMILES string of the molecule is CCOC(=O)/C=C(/Nc1ccccc1)C(F)(F)F. The van der Waals surface area contributed by atoms with Crippen molar-refractivity contribution in [3.05, 3.63) is 42.1 Å². The molecule has 0 aromatic heterocycles. The van der Waals surface area contributed by atoms with Crippen LogP contribution in [0, 0.1) is 0 Å². The van der Waals surface area contributed by atoms with Gasteiger partial charge in [-0.1, -0.05) is 18.2 Å². The van der Waals surface area contributed by atoms with Gasteiger partial charge in [0.05, 0.1) is 12.7 Å². The molecular formula is C12H12F3NO2. The van der Waals surface area contributed by atoms with Gasteiger partial charge in [-0.05, 0) is 19.1 Å². The van der Waals surface area contributed by atoms with Crippen LogP contribution in [0.25, 0.3) is 0 Å². The van der Waals surface area contributed by atoms with Crippen LogP contribution in [0.1, 0.15) is 6.92 Å². The molecular weight excluding hydrogens is 247 g/mol. The predicted molar refractivity (Wildman–Crippen MR) is 60.8 cm³/mol. The minimum absolute atomic E-state index is 0.0197. The van der Waals surface area contributed by atoms with Crippen molar-refractivity contribution in [2.45, 2.75) is 13.1 Å². The third kappa shape index (κ3) is 4.48. The Bertz CT molecular complexity index is 427. The first-order valence-electron chi connectivity index (χ1n) is 5.21. The minimum Gasteiger partial charge on any atom is -0.463 e. The summed E-state index contributed by atoms with van der Waals surface area (Å²) in [5.74, 6) is -1.03. The Hall–Kier alpha value is -1.98. The van der Waals surface area contributed by atoms with Gasteiger partial charge in [0.15, 0.2) is 0 Å². The standard InChI is InChI=1S/C12H12F3NO2/c1-2-18-11(17)8-10(12(13,14)15)16-9-6-4-3-5-7-9/h3-8,16H,2H2,1H3/b10-8+. The smallest absolute Gasteiger partial charge is 0.431 e. The number of benzene rings is 1. The summed E-state index contributed by atoms with van der Waals surface area (Å²) >= 11 is 0. The lowest BCUT2D eigenvalue weighted by Crippen LogP contribution is -2.21. The molecule has 0 atom stereocenters. The van der Waals surface area contributed by atoms with Gasteiger partial charge in [0.2, 0.25) is 0 Å². The van der Waals surface area contributed by atoms with E-state index in [1.165, 1.54) is 19.1 Å². The van der Waals surface area contributed by atoms with Crippen molar-refractivity contribution in [2.24, 2.45) is 0 Å². The topological polar surface area (TPSA) is 38.3 Å². The number of anilines is 1. The van der Waals surface area contributed by atoms with Crippen molar-refractivity contribution in [1.29, 1.82) is 0 Å². The number of allylic oxidation sites excluding steroid dienone is 1. The van der Waals surface area contributed by atoms with Crippen LogP contribution in [0.15, 0.2) is 42.1 Å². The average Bonchev–Trinajstić information content (AvgIpc) is 2.28. The fourth-order valence-corrected chi connectivity index (χ4v) is 1.17. The number of halogens is 3. The molecule has 0 aliphatic carbocycles. The molecule has 98 valence electrons. The second-order valence-electron chi connectivity index (χ2n) is 3.30. The first kappa shape index (κ1) is 14.1. The van der Waals surface area contributed by atoms with Crippen LogP contribution < -0.4 is 5.32 Å². The molecule has 0 aliphatic heterocycles. The van der Waals surface area contributed by atoms with E-state index in [1.807, 2.05) is 0 Å². The van der Waals surface area contributed by atoms with Gasteiger partial charge in [-0.3, -0.25) is 0 Å². The molecule has 3 nitrogen and oxygen atoms in total. The van der Waals surface area contributed by atoms with Crippen molar-refractivity contribution in [3.63, 3.8) is 0 Å². The highest BCUT2D eigenvalue weighted by Crippen LogP contribution is 2.26. The number of hydrogen-bond acceptors (Lipinski definition) is 3. The van der Waals surface area contributed by atoms with Gasteiger partial charge in [0.25, 0.3) is 0 Å². The molecule has 0 unspecified atom stereocenters. The zero-order chi connectivity index (χ0) is 13.6. The van der Waals surface area contributed by atoms with Gasteiger partial charge in [-0.25, -0.2) is 4.79 Å². The van der Waals surface area contributed by atoms with Crippen LogP contribution >= 0.6 is 0 Å². The van der Waals surface area contributed by atoms with Crippen LogP contribution in [0.5, 0.6) is 0 Å². The van der Waals surface area contributed by atoms with E-state index in [0.29, 0.717) is 6.08 Å². The number of carbonyl (C=O) groups excluding carboxylic acids is 1. The summed E-state index contributed by atoms with van der Waals surface area (Å²) in [6, 6.07) is 7.77. The molecule has 0 aliphatic rings. The lowest BCUT2D eigenvalue weighted by Gasteiger charge is -2.13. The second-order valence-corrected chi connectivity index (χ2v) is 3.30. The maximum Gasteiger partial charge on any atom is 0.431 e. The molecule has 0 bridgehead atoms. The Morgan fingerprint density at radius 3 is 2.44 bits per heavy atom. The van der Waals surface area contributed by atoms with Gasteiger partial charge < -0.3 is 10.1 Å². The summed E-state index contributed by atoms with van der Waals surface area (Å²) in [6.07, 6.45) is -4.25. The Labute approximate surface area is 102 Å². The summed E-state index contributed by atoms with van der Waals surface area (Å²) in [6.45, 7) is 1.54. The summed E-state index contributed by atoms with van der Waals surface area (Å²) in [5.41, 5.74) is -0.919. The first-order chi connectivity index (χ1) is 8.43. The third-order valence-corrected chi connectivity index (χ3v) is 1.91. The number of rotatable bonds is 4. The highest BCUT2D eigenvalue weighted by molar-refractivity contribution is 5.83. The maximum absolute atomic E-state index is 12.7. The first-order valence-corrected chi connectivity index (χ1v) is 5.21. The van der Waals surface area contributed by atoms with Crippen LogP contribution in [-0.4, -0.2) is 18.8 Å². The maximum atomic E-state index is 12.7. The molecule has 0 amide bonds. The van der Waals surface area contributed by atoms with Crippen LogP contribution in [-0.2, 0) is 9.53 Å². The number of esters is 1. The van der Waals surface area contributed by atoms with Crippen LogP contribution in [0.3, 0.4) is 0 Å². The van der Waals surface area contributed by atoms with E-state index in [1.54, 1.807) is 18.2 Å². The van der Waals surface area contributed by atoms with Gasteiger partial charge in [-0.15, -0.1) is 0 Å². The molecule has 0 spiro atoms. The van der Waals surface area contributed by atoms with E-state index in [0.717, 1.165) is 0 Å². The number of ether oxygens (including phenoxy) is 1. The third-order valence-electron chi connectivity index (χ3n) is 1.91. The predicted octanol–water partition coefficient (Wildman–Crippen LogP) is 3.11. The molecule has 0 fully saturated rings. The summed E-state index contributed by atoms with van der Waals surface area (Å²) in [4.78, 5) is 11.1. The Morgan fingerprint density at radius 2 is 1.94 bits per heavy atom. The molecule has 0 saturated carbocycles. The lowest BCUT2D eigenvalue weighted by molar-refractivity contribution is -0.138. The zero-order valence-corrected chi connectivity index (χ0v) is 9.62. The molecule has 18 heavy (non-hydrogen) atoms. The highest BCUT2D eigenvalue weighted by Gasteiger charge is 2.34. The molecule has 0 heterocycles. The summed E-state index contributed by atoms with van der Waals surface area (Å²) in [5, 5.41) is 2.14. The van der Waals surface area contributed by atoms with E-state index in [-0.39, 0.29) is 12.3 Å². The lowest BCUT2D eigenvalue weighted by atomic mass is 10.3. The van der Waals surface area contributed by atoms with Gasteiger partial charge >= 0.3 is 12.1 Å². The Balaban J connectivity index is 2.90. The number of para-hydroxylation sites is 1. The van der Waals surface area contributed by atoms with Crippen molar-refractivity contribution < 1.29 is 22.7 Å². The molecule has 6 heteroatoms. The second kappa shape index (κ2) is 6.09. The number of hydrogen-bond donors (Lipinski definition) is 1. The number of alkyl halides is 3. The summed E-state index contributed by atoms with van der Waals surface area (Å²) < 4.78 is 42.5.